The van der Waals surface area contributed by atoms with Crippen molar-refractivity contribution < 1.29 is 32.6 Å². The summed E-state index contributed by atoms with van der Waals surface area (Å²) in [5.74, 6) is 0.873. The molecule has 1 saturated heterocycles. The molecule has 9 nitrogen and oxygen atoms in total. The Hall–Kier alpha value is -4.57. The van der Waals surface area contributed by atoms with Crippen molar-refractivity contribution in [3.63, 3.8) is 0 Å². The van der Waals surface area contributed by atoms with Crippen molar-refractivity contribution in [2.45, 2.75) is 38.8 Å². The van der Waals surface area contributed by atoms with Gasteiger partial charge in [0.2, 0.25) is 11.7 Å². The second kappa shape index (κ2) is 13.2. The summed E-state index contributed by atoms with van der Waals surface area (Å²) in [6.45, 7) is 3.99. The molecule has 2 heterocycles. The van der Waals surface area contributed by atoms with Gasteiger partial charge in [-0.2, -0.15) is 0 Å². The molecule has 0 atom stereocenters. The van der Waals surface area contributed by atoms with E-state index in [1.807, 2.05) is 13.0 Å². The molecule has 0 saturated carbocycles. The van der Waals surface area contributed by atoms with E-state index >= 15 is 0 Å². The highest BCUT2D eigenvalue weighted by Gasteiger charge is 2.27. The molecule has 1 aliphatic heterocycles. The third-order valence-corrected chi connectivity index (χ3v) is 7.86. The quantitative estimate of drug-likeness (QED) is 0.333. The minimum atomic E-state index is -0.572. The zero-order chi connectivity index (χ0) is 30.5. The zero-order valence-corrected chi connectivity index (χ0v) is 24.8. The molecule has 0 radical (unpaired) electrons. The van der Waals surface area contributed by atoms with Crippen molar-refractivity contribution in [1.29, 1.82) is 0 Å². The Balaban J connectivity index is 1.40. The van der Waals surface area contributed by atoms with Gasteiger partial charge in [-0.3, -0.25) is 4.79 Å². The second-order valence-electron chi connectivity index (χ2n) is 10.8. The molecule has 1 aromatic heterocycles. The summed E-state index contributed by atoms with van der Waals surface area (Å²) < 4.78 is 36.5. The van der Waals surface area contributed by atoms with E-state index in [0.29, 0.717) is 28.4 Å². The fraction of sp³-hybridized carbons (Fsp3) is 0.333. The van der Waals surface area contributed by atoms with Crippen LogP contribution in [0.4, 0.5) is 9.18 Å². The van der Waals surface area contributed by atoms with Crippen LogP contribution in [0.15, 0.2) is 58.7 Å². The number of amides is 2. The Morgan fingerprint density at radius 3 is 2.44 bits per heavy atom. The third kappa shape index (κ3) is 6.91. The van der Waals surface area contributed by atoms with Gasteiger partial charge in [0.15, 0.2) is 11.5 Å². The Labute approximate surface area is 250 Å². The van der Waals surface area contributed by atoms with E-state index in [1.54, 1.807) is 36.6 Å². The largest absolute Gasteiger partial charge is 0.493 e. The van der Waals surface area contributed by atoms with Gasteiger partial charge >= 0.3 is 6.09 Å². The number of benzene rings is 2. The Morgan fingerprint density at radius 2 is 1.79 bits per heavy atom. The third-order valence-electron chi connectivity index (χ3n) is 7.86. The van der Waals surface area contributed by atoms with Crippen LogP contribution in [-0.2, 0) is 11.3 Å². The van der Waals surface area contributed by atoms with Crippen molar-refractivity contribution in [3.8, 4) is 17.2 Å². The number of piperidine rings is 1. The van der Waals surface area contributed by atoms with Gasteiger partial charge in [-0.25, -0.2) is 9.18 Å². The lowest BCUT2D eigenvalue weighted by molar-refractivity contribution is -0.120. The minimum absolute atomic E-state index is 0.0353. The summed E-state index contributed by atoms with van der Waals surface area (Å²) in [5, 5.41) is 5.80. The number of furan rings is 1. The lowest BCUT2D eigenvalue weighted by Crippen LogP contribution is -2.44. The molecule has 1 aliphatic carbocycles. The predicted molar refractivity (Wildman–Crippen MR) is 161 cm³/mol. The fourth-order valence-corrected chi connectivity index (χ4v) is 5.50. The summed E-state index contributed by atoms with van der Waals surface area (Å²) in [6.07, 6.45) is 4.67. The normalized spacial score (nSPS) is 16.3. The molecule has 2 aliphatic rings. The standard InChI is InChI=1S/C33H36FN3O6/c1-20-26(25-8-7-22(34)17-28(25)27(20)18-31(38)35-19-24-6-5-13-42-24)14-21-15-29(40-3)32(30(16-21)41-4)43-33(39)36-23-9-11-37(2)12-10-23/h5-8,13-17,23H,9-12,18-19H2,1-4H3,(H,35,38)(H,36,39)/b26-14-. The van der Waals surface area contributed by atoms with E-state index in [0.717, 1.165) is 48.2 Å². The Kier molecular flexibility index (Phi) is 9.16. The Morgan fingerprint density at radius 1 is 1.07 bits per heavy atom. The van der Waals surface area contributed by atoms with Crippen LogP contribution in [0.1, 0.15) is 48.6 Å². The fourth-order valence-electron chi connectivity index (χ4n) is 5.50. The van der Waals surface area contributed by atoms with Crippen LogP contribution in [-0.4, -0.2) is 57.3 Å². The summed E-state index contributed by atoms with van der Waals surface area (Å²) in [5.41, 5.74) is 4.61. The summed E-state index contributed by atoms with van der Waals surface area (Å²) in [7, 11) is 5.04. The monoisotopic (exact) mass is 589 g/mol. The lowest BCUT2D eigenvalue weighted by atomic mass is 10.00. The molecule has 0 unspecified atom stereocenters. The molecule has 10 heteroatoms. The maximum atomic E-state index is 14.4. The molecule has 0 spiro atoms. The van der Waals surface area contributed by atoms with E-state index in [4.69, 9.17) is 18.6 Å². The molecular formula is C33H36FN3O6. The minimum Gasteiger partial charge on any atom is -0.493 e. The van der Waals surface area contributed by atoms with E-state index in [9.17, 15) is 14.0 Å². The van der Waals surface area contributed by atoms with Crippen molar-refractivity contribution >= 4 is 29.2 Å². The van der Waals surface area contributed by atoms with Gasteiger partial charge in [-0.1, -0.05) is 6.07 Å². The summed E-state index contributed by atoms with van der Waals surface area (Å²) >= 11 is 0. The molecule has 1 fully saturated rings. The average Bonchev–Trinajstić information content (AvgIpc) is 3.60. The van der Waals surface area contributed by atoms with Crippen LogP contribution in [0.5, 0.6) is 17.2 Å². The highest BCUT2D eigenvalue weighted by Crippen LogP contribution is 2.45. The lowest BCUT2D eigenvalue weighted by Gasteiger charge is -2.29. The summed E-state index contributed by atoms with van der Waals surface area (Å²) in [4.78, 5) is 27.8. The number of likely N-dealkylation sites (tertiary alicyclic amines) is 1. The van der Waals surface area contributed by atoms with Crippen LogP contribution in [0.3, 0.4) is 0 Å². The number of nitrogens with one attached hydrogen (secondary N) is 2. The predicted octanol–water partition coefficient (Wildman–Crippen LogP) is 5.65. The number of hydrogen-bond donors (Lipinski definition) is 2. The molecule has 5 rings (SSSR count). The topological polar surface area (TPSA) is 102 Å². The molecule has 2 N–H and O–H groups in total. The smallest absolute Gasteiger partial charge is 0.413 e. The van der Waals surface area contributed by atoms with E-state index < -0.39 is 6.09 Å². The number of carbonyl (C=O) groups is 2. The number of nitrogens with zero attached hydrogens (tertiary/aromatic N) is 1. The van der Waals surface area contributed by atoms with Crippen LogP contribution in [0.25, 0.3) is 17.2 Å². The van der Waals surface area contributed by atoms with Crippen LogP contribution < -0.4 is 24.8 Å². The van der Waals surface area contributed by atoms with Crippen LogP contribution >= 0.6 is 0 Å². The van der Waals surface area contributed by atoms with Gasteiger partial charge in [0.1, 0.15) is 11.6 Å². The number of carbonyl (C=O) groups excluding carboxylic acids is 2. The number of fused-ring (bicyclic) bond motifs is 1. The maximum Gasteiger partial charge on any atom is 0.413 e. The number of methoxy groups -OCH3 is 2. The van der Waals surface area contributed by atoms with Crippen molar-refractivity contribution in [1.82, 2.24) is 15.5 Å². The highest BCUT2D eigenvalue weighted by atomic mass is 19.1. The van der Waals surface area contributed by atoms with E-state index in [2.05, 4.69) is 22.6 Å². The first-order chi connectivity index (χ1) is 20.7. The first-order valence-corrected chi connectivity index (χ1v) is 14.2. The number of allylic oxidation sites excluding steroid dienone is 2. The van der Waals surface area contributed by atoms with Gasteiger partial charge in [0.05, 0.1) is 33.4 Å². The van der Waals surface area contributed by atoms with E-state index in [-0.39, 0.29) is 36.5 Å². The van der Waals surface area contributed by atoms with Crippen molar-refractivity contribution in [2.75, 3.05) is 34.4 Å². The van der Waals surface area contributed by atoms with Crippen LogP contribution in [0.2, 0.25) is 0 Å². The van der Waals surface area contributed by atoms with Gasteiger partial charge in [0.25, 0.3) is 0 Å². The van der Waals surface area contributed by atoms with Crippen LogP contribution in [0, 0.1) is 5.82 Å². The molecule has 43 heavy (non-hydrogen) atoms. The Bertz CT molecular complexity index is 1530. The molecular weight excluding hydrogens is 553 g/mol. The second-order valence-corrected chi connectivity index (χ2v) is 10.8. The van der Waals surface area contributed by atoms with Gasteiger partial charge in [-0.05, 0) is 116 Å². The zero-order valence-electron chi connectivity index (χ0n) is 24.8. The number of ether oxygens (including phenoxy) is 3. The average molecular weight is 590 g/mol. The number of halogens is 1. The maximum absolute atomic E-state index is 14.4. The molecule has 3 aromatic rings. The van der Waals surface area contributed by atoms with Crippen molar-refractivity contribution in [2.24, 2.45) is 0 Å². The molecule has 0 bridgehead atoms. The van der Waals surface area contributed by atoms with Gasteiger partial charge in [-0.15, -0.1) is 0 Å². The molecule has 2 amide bonds. The number of rotatable bonds is 9. The van der Waals surface area contributed by atoms with Crippen molar-refractivity contribution in [3.05, 3.63) is 82.6 Å². The SMILES string of the molecule is COc1cc(/C=C2/C(C)=C(CC(=O)NCc3ccco3)c3cc(F)ccc32)cc(OC)c1OC(=O)NC1CCN(C)CC1. The molecule has 2 aromatic carbocycles. The first-order valence-electron chi connectivity index (χ1n) is 14.2. The van der Waals surface area contributed by atoms with E-state index in [1.165, 1.54) is 26.4 Å². The highest BCUT2D eigenvalue weighted by molar-refractivity contribution is 6.08. The summed E-state index contributed by atoms with van der Waals surface area (Å²) in [6, 6.07) is 11.6. The molecule has 226 valence electrons. The number of hydrogen-bond acceptors (Lipinski definition) is 7. The van der Waals surface area contributed by atoms with Gasteiger partial charge in [0, 0.05) is 6.04 Å². The first kappa shape index (κ1) is 29.9. The van der Waals surface area contributed by atoms with Gasteiger partial charge < -0.3 is 34.2 Å².